The average Bonchev–Trinajstić information content (AvgIpc) is 2.61. The van der Waals surface area contributed by atoms with Crippen LogP contribution in [-0.2, 0) is 4.79 Å². The standard InChI is InChI=1S/C21H22N2O2/c1-21(2,3)20(24)23-18-12-11-16(17-6-5-13-22-19(17)18)14-7-9-15(25-4)10-8-14/h5-13H,1-4H3,(H,23,24). The van der Waals surface area contributed by atoms with Crippen molar-refractivity contribution < 1.29 is 9.53 Å². The molecule has 3 aromatic rings. The Bertz CT molecular complexity index is 909. The summed E-state index contributed by atoms with van der Waals surface area (Å²) in [6.07, 6.45) is 1.74. The topological polar surface area (TPSA) is 51.2 Å². The third kappa shape index (κ3) is 3.48. The SMILES string of the molecule is COc1ccc(-c2ccc(NC(=O)C(C)(C)C)c3ncccc23)cc1. The first-order valence-corrected chi connectivity index (χ1v) is 8.24. The van der Waals surface area contributed by atoms with Crippen molar-refractivity contribution in [2.75, 3.05) is 12.4 Å². The van der Waals surface area contributed by atoms with E-state index in [9.17, 15) is 4.79 Å². The molecule has 128 valence electrons. The lowest BCUT2D eigenvalue weighted by Crippen LogP contribution is -2.27. The first-order chi connectivity index (χ1) is 11.9. The fourth-order valence-corrected chi connectivity index (χ4v) is 2.61. The summed E-state index contributed by atoms with van der Waals surface area (Å²) in [5.41, 5.74) is 3.20. The first-order valence-electron chi connectivity index (χ1n) is 8.24. The van der Waals surface area contributed by atoms with E-state index in [-0.39, 0.29) is 5.91 Å². The molecule has 0 unspecified atom stereocenters. The van der Waals surface area contributed by atoms with Gasteiger partial charge in [0.05, 0.1) is 18.3 Å². The minimum absolute atomic E-state index is 0.0309. The van der Waals surface area contributed by atoms with E-state index in [1.54, 1.807) is 13.3 Å². The maximum Gasteiger partial charge on any atom is 0.229 e. The molecule has 1 heterocycles. The predicted octanol–water partition coefficient (Wildman–Crippen LogP) is 4.90. The number of ether oxygens (including phenoxy) is 1. The molecule has 4 nitrogen and oxygen atoms in total. The van der Waals surface area contributed by atoms with Crippen molar-refractivity contribution in [2.45, 2.75) is 20.8 Å². The highest BCUT2D eigenvalue weighted by molar-refractivity contribution is 6.06. The van der Waals surface area contributed by atoms with Gasteiger partial charge in [-0.25, -0.2) is 0 Å². The number of carbonyl (C=O) groups is 1. The molecule has 0 aliphatic carbocycles. The van der Waals surface area contributed by atoms with Crippen LogP contribution in [0.25, 0.3) is 22.0 Å². The molecule has 4 heteroatoms. The van der Waals surface area contributed by atoms with Crippen molar-refractivity contribution in [3.05, 3.63) is 54.7 Å². The zero-order valence-electron chi connectivity index (χ0n) is 15.0. The number of nitrogens with zero attached hydrogens (tertiary/aromatic N) is 1. The van der Waals surface area contributed by atoms with Crippen molar-refractivity contribution in [1.29, 1.82) is 0 Å². The largest absolute Gasteiger partial charge is 0.497 e. The molecule has 0 saturated heterocycles. The van der Waals surface area contributed by atoms with Crippen molar-refractivity contribution >= 4 is 22.5 Å². The fraction of sp³-hybridized carbons (Fsp3) is 0.238. The Balaban J connectivity index is 2.08. The lowest BCUT2D eigenvalue weighted by Gasteiger charge is -2.19. The van der Waals surface area contributed by atoms with Gasteiger partial charge in [0.1, 0.15) is 5.75 Å². The van der Waals surface area contributed by atoms with Crippen molar-refractivity contribution in [2.24, 2.45) is 5.41 Å². The van der Waals surface area contributed by atoms with Crippen LogP contribution in [0, 0.1) is 5.41 Å². The Hall–Kier alpha value is -2.88. The van der Waals surface area contributed by atoms with Gasteiger partial charge in [0, 0.05) is 17.0 Å². The Kier molecular flexibility index (Phi) is 4.45. The number of anilines is 1. The molecule has 0 aliphatic rings. The Morgan fingerprint density at radius 2 is 1.76 bits per heavy atom. The summed E-state index contributed by atoms with van der Waals surface area (Å²) >= 11 is 0. The second kappa shape index (κ2) is 6.55. The van der Waals surface area contributed by atoms with Gasteiger partial charge >= 0.3 is 0 Å². The molecule has 0 bridgehead atoms. The molecular formula is C21H22N2O2. The fourth-order valence-electron chi connectivity index (χ4n) is 2.61. The quantitative estimate of drug-likeness (QED) is 0.741. The van der Waals surface area contributed by atoms with Gasteiger partial charge in [-0.1, -0.05) is 45.0 Å². The van der Waals surface area contributed by atoms with Crippen LogP contribution in [0.15, 0.2) is 54.7 Å². The lowest BCUT2D eigenvalue weighted by atomic mass is 9.95. The number of fused-ring (bicyclic) bond motifs is 1. The number of nitrogens with one attached hydrogen (secondary N) is 1. The minimum Gasteiger partial charge on any atom is -0.497 e. The number of benzene rings is 2. The highest BCUT2D eigenvalue weighted by Crippen LogP contribution is 2.33. The lowest BCUT2D eigenvalue weighted by molar-refractivity contribution is -0.123. The van der Waals surface area contributed by atoms with Crippen LogP contribution in [0.5, 0.6) is 5.75 Å². The Morgan fingerprint density at radius 1 is 1.04 bits per heavy atom. The van der Waals surface area contributed by atoms with Crippen LogP contribution in [0.1, 0.15) is 20.8 Å². The molecule has 0 aliphatic heterocycles. The number of rotatable bonds is 3. The normalized spacial score (nSPS) is 11.4. The third-order valence-corrected chi connectivity index (χ3v) is 4.10. The van der Waals surface area contributed by atoms with Crippen LogP contribution in [0.2, 0.25) is 0 Å². The number of pyridine rings is 1. The van der Waals surface area contributed by atoms with E-state index in [4.69, 9.17) is 4.74 Å². The summed E-state index contributed by atoms with van der Waals surface area (Å²) in [6, 6.07) is 15.8. The smallest absolute Gasteiger partial charge is 0.229 e. The van der Waals surface area contributed by atoms with E-state index in [0.29, 0.717) is 0 Å². The maximum atomic E-state index is 12.4. The maximum absolute atomic E-state index is 12.4. The van der Waals surface area contributed by atoms with Gasteiger partial charge in [0.25, 0.3) is 0 Å². The van der Waals surface area contributed by atoms with Crippen molar-refractivity contribution in [3.8, 4) is 16.9 Å². The van der Waals surface area contributed by atoms with Crippen LogP contribution in [0.4, 0.5) is 5.69 Å². The first kappa shape index (κ1) is 17.0. The van der Waals surface area contributed by atoms with Crippen molar-refractivity contribution in [3.63, 3.8) is 0 Å². The summed E-state index contributed by atoms with van der Waals surface area (Å²) < 4.78 is 5.23. The van der Waals surface area contributed by atoms with Crippen LogP contribution in [0.3, 0.4) is 0 Å². The number of methoxy groups -OCH3 is 1. The van der Waals surface area contributed by atoms with Gasteiger partial charge in [0.2, 0.25) is 5.91 Å². The molecule has 0 spiro atoms. The predicted molar refractivity (Wildman–Crippen MR) is 102 cm³/mol. The van der Waals surface area contributed by atoms with E-state index in [1.807, 2.05) is 69.3 Å². The second-order valence-electron chi connectivity index (χ2n) is 6.99. The number of carbonyl (C=O) groups excluding carboxylic acids is 1. The van der Waals surface area contributed by atoms with Crippen molar-refractivity contribution in [1.82, 2.24) is 4.98 Å². The number of hydrogen-bond donors (Lipinski definition) is 1. The Morgan fingerprint density at radius 3 is 2.40 bits per heavy atom. The van der Waals surface area contributed by atoms with Gasteiger partial charge < -0.3 is 10.1 Å². The summed E-state index contributed by atoms with van der Waals surface area (Å²) in [7, 11) is 1.65. The zero-order chi connectivity index (χ0) is 18.0. The molecular weight excluding hydrogens is 312 g/mol. The van der Waals surface area contributed by atoms with E-state index in [0.717, 1.165) is 33.5 Å². The van der Waals surface area contributed by atoms with E-state index >= 15 is 0 Å². The van der Waals surface area contributed by atoms with Gasteiger partial charge in [-0.3, -0.25) is 9.78 Å². The molecule has 3 rings (SSSR count). The highest BCUT2D eigenvalue weighted by Gasteiger charge is 2.22. The molecule has 2 aromatic carbocycles. The number of hydrogen-bond acceptors (Lipinski definition) is 3. The molecule has 1 aromatic heterocycles. The van der Waals surface area contributed by atoms with Gasteiger partial charge in [-0.2, -0.15) is 0 Å². The number of amides is 1. The summed E-state index contributed by atoms with van der Waals surface area (Å²) in [5.74, 6) is 0.789. The molecule has 25 heavy (non-hydrogen) atoms. The molecule has 0 fully saturated rings. The van der Waals surface area contributed by atoms with Crippen LogP contribution in [-0.4, -0.2) is 18.0 Å². The highest BCUT2D eigenvalue weighted by atomic mass is 16.5. The van der Waals surface area contributed by atoms with E-state index in [2.05, 4.69) is 10.3 Å². The summed E-state index contributed by atoms with van der Waals surface area (Å²) in [4.78, 5) is 16.8. The molecule has 0 radical (unpaired) electrons. The Labute approximate surface area is 147 Å². The van der Waals surface area contributed by atoms with Gasteiger partial charge in [0.15, 0.2) is 0 Å². The summed E-state index contributed by atoms with van der Waals surface area (Å²) in [5, 5.41) is 4.00. The second-order valence-corrected chi connectivity index (χ2v) is 6.99. The minimum atomic E-state index is -0.463. The molecule has 1 N–H and O–H groups in total. The molecule has 0 saturated carbocycles. The molecule has 1 amide bonds. The van der Waals surface area contributed by atoms with E-state index < -0.39 is 5.41 Å². The van der Waals surface area contributed by atoms with E-state index in [1.165, 1.54) is 0 Å². The average molecular weight is 334 g/mol. The zero-order valence-corrected chi connectivity index (χ0v) is 15.0. The number of aromatic nitrogens is 1. The van der Waals surface area contributed by atoms with Gasteiger partial charge in [-0.05, 0) is 35.4 Å². The summed E-state index contributed by atoms with van der Waals surface area (Å²) in [6.45, 7) is 5.68. The van der Waals surface area contributed by atoms with Crippen LogP contribution >= 0.6 is 0 Å². The third-order valence-electron chi connectivity index (χ3n) is 4.10. The van der Waals surface area contributed by atoms with Gasteiger partial charge in [-0.15, -0.1) is 0 Å². The molecule has 0 atom stereocenters. The monoisotopic (exact) mass is 334 g/mol. The van der Waals surface area contributed by atoms with Crippen LogP contribution < -0.4 is 10.1 Å².